The zero-order valence-electron chi connectivity index (χ0n) is 9.36. The second-order valence-electron chi connectivity index (χ2n) is 3.55. The molecule has 1 rings (SSSR count). The van der Waals surface area contributed by atoms with Crippen molar-refractivity contribution in [3.05, 3.63) is 22.4 Å². The molecule has 3 heteroatoms. The predicted molar refractivity (Wildman–Crippen MR) is 67.1 cm³/mol. The van der Waals surface area contributed by atoms with Crippen LogP contribution in [-0.4, -0.2) is 31.6 Å². The molecule has 0 saturated heterocycles. The molecule has 0 aliphatic heterocycles. The van der Waals surface area contributed by atoms with Crippen molar-refractivity contribution in [2.75, 3.05) is 26.7 Å². The van der Waals surface area contributed by atoms with Gasteiger partial charge in [-0.3, -0.25) is 4.90 Å². The fraction of sp³-hybridized carbons (Fsp3) is 0.500. The van der Waals surface area contributed by atoms with Crippen LogP contribution in [-0.2, 0) is 0 Å². The maximum atomic E-state index is 5.16. The fourth-order valence-corrected chi connectivity index (χ4v) is 2.20. The Kier molecular flexibility index (Phi) is 5.41. The lowest BCUT2D eigenvalue weighted by Gasteiger charge is -2.23. The summed E-state index contributed by atoms with van der Waals surface area (Å²) in [6.07, 6.45) is 5.16. The highest BCUT2D eigenvalue weighted by atomic mass is 32.1. The Morgan fingerprint density at radius 2 is 2.47 bits per heavy atom. The molecule has 0 spiro atoms. The van der Waals surface area contributed by atoms with E-state index in [9.17, 15) is 0 Å². The number of likely N-dealkylation sites (N-methyl/N-ethyl adjacent to an activating group) is 1. The van der Waals surface area contributed by atoms with Gasteiger partial charge < -0.3 is 5.32 Å². The van der Waals surface area contributed by atoms with E-state index in [0.29, 0.717) is 12.6 Å². The van der Waals surface area contributed by atoms with E-state index < -0.39 is 0 Å². The Morgan fingerprint density at radius 3 is 3.07 bits per heavy atom. The minimum atomic E-state index is 0.484. The minimum Gasteiger partial charge on any atom is -0.305 e. The van der Waals surface area contributed by atoms with Gasteiger partial charge in [-0.25, -0.2) is 0 Å². The largest absolute Gasteiger partial charge is 0.305 e. The molecule has 1 aromatic heterocycles. The summed E-state index contributed by atoms with van der Waals surface area (Å²) >= 11 is 1.81. The molecule has 0 aromatic carbocycles. The average Bonchev–Trinajstić information content (AvgIpc) is 2.76. The van der Waals surface area contributed by atoms with Gasteiger partial charge in [0.25, 0.3) is 0 Å². The van der Waals surface area contributed by atoms with Crippen molar-refractivity contribution < 1.29 is 0 Å². The van der Waals surface area contributed by atoms with Crippen molar-refractivity contribution in [1.82, 2.24) is 10.2 Å². The van der Waals surface area contributed by atoms with Crippen LogP contribution < -0.4 is 5.32 Å². The van der Waals surface area contributed by atoms with E-state index in [1.807, 2.05) is 11.3 Å². The van der Waals surface area contributed by atoms with E-state index in [-0.39, 0.29) is 0 Å². The van der Waals surface area contributed by atoms with Gasteiger partial charge in [0, 0.05) is 24.0 Å². The molecule has 1 unspecified atom stereocenters. The summed E-state index contributed by atoms with van der Waals surface area (Å²) in [4.78, 5) is 3.74. The molecular formula is C12H18N2S. The van der Waals surface area contributed by atoms with Gasteiger partial charge >= 0.3 is 0 Å². The van der Waals surface area contributed by atoms with E-state index in [1.165, 1.54) is 4.88 Å². The van der Waals surface area contributed by atoms with E-state index >= 15 is 0 Å². The Morgan fingerprint density at radius 1 is 1.67 bits per heavy atom. The third kappa shape index (κ3) is 4.05. The quantitative estimate of drug-likeness (QED) is 0.585. The highest BCUT2D eigenvalue weighted by molar-refractivity contribution is 7.10. The van der Waals surface area contributed by atoms with Crippen molar-refractivity contribution in [2.24, 2.45) is 0 Å². The molecule has 1 heterocycles. The van der Waals surface area contributed by atoms with Gasteiger partial charge in [-0.2, -0.15) is 0 Å². The van der Waals surface area contributed by atoms with Crippen LogP contribution in [0.2, 0.25) is 0 Å². The van der Waals surface area contributed by atoms with Crippen LogP contribution in [0.5, 0.6) is 0 Å². The fourth-order valence-electron chi connectivity index (χ4n) is 1.36. The topological polar surface area (TPSA) is 15.3 Å². The monoisotopic (exact) mass is 222 g/mol. The normalized spacial score (nSPS) is 12.7. The zero-order chi connectivity index (χ0) is 11.1. The number of nitrogens with zero attached hydrogens (tertiary/aromatic N) is 1. The predicted octanol–water partition coefficient (Wildman–Crippen LogP) is 1.96. The summed E-state index contributed by atoms with van der Waals surface area (Å²) in [5.74, 6) is 2.57. The van der Waals surface area contributed by atoms with Crippen LogP contribution in [0.4, 0.5) is 0 Å². The van der Waals surface area contributed by atoms with Crippen LogP contribution in [0.1, 0.15) is 17.8 Å². The van der Waals surface area contributed by atoms with Gasteiger partial charge in [-0.15, -0.1) is 17.8 Å². The van der Waals surface area contributed by atoms with Gasteiger partial charge in [0.05, 0.1) is 6.54 Å². The van der Waals surface area contributed by atoms with Gasteiger partial charge in [0.1, 0.15) is 0 Å². The molecule has 0 bridgehead atoms. The van der Waals surface area contributed by atoms with Gasteiger partial charge in [0.15, 0.2) is 0 Å². The Bertz CT molecular complexity index is 300. The SMILES string of the molecule is C#CCNCCN(C)C(C)c1cccs1. The smallest absolute Gasteiger partial charge is 0.0574 e. The molecule has 82 valence electrons. The molecule has 0 aliphatic carbocycles. The van der Waals surface area contributed by atoms with Crippen molar-refractivity contribution >= 4 is 11.3 Å². The molecular weight excluding hydrogens is 204 g/mol. The lowest BCUT2D eigenvalue weighted by Crippen LogP contribution is -2.31. The molecule has 0 amide bonds. The number of hydrogen-bond donors (Lipinski definition) is 1. The van der Waals surface area contributed by atoms with E-state index in [2.05, 4.69) is 47.6 Å². The number of terminal acetylenes is 1. The lowest BCUT2D eigenvalue weighted by atomic mass is 10.2. The van der Waals surface area contributed by atoms with Crippen molar-refractivity contribution in [2.45, 2.75) is 13.0 Å². The molecule has 1 N–H and O–H groups in total. The summed E-state index contributed by atoms with van der Waals surface area (Å²) in [5.41, 5.74) is 0. The highest BCUT2D eigenvalue weighted by Gasteiger charge is 2.11. The van der Waals surface area contributed by atoms with Gasteiger partial charge in [-0.05, 0) is 25.4 Å². The zero-order valence-corrected chi connectivity index (χ0v) is 10.2. The average molecular weight is 222 g/mol. The Hall–Kier alpha value is -0.820. The van der Waals surface area contributed by atoms with Gasteiger partial charge in [0.2, 0.25) is 0 Å². The lowest BCUT2D eigenvalue weighted by molar-refractivity contribution is 0.266. The second-order valence-corrected chi connectivity index (χ2v) is 4.53. The van der Waals surface area contributed by atoms with Crippen LogP contribution in [0, 0.1) is 12.3 Å². The van der Waals surface area contributed by atoms with Crippen molar-refractivity contribution in [3.63, 3.8) is 0 Å². The van der Waals surface area contributed by atoms with E-state index in [0.717, 1.165) is 13.1 Å². The summed E-state index contributed by atoms with van der Waals surface area (Å²) in [7, 11) is 2.14. The maximum Gasteiger partial charge on any atom is 0.0574 e. The molecule has 1 atom stereocenters. The van der Waals surface area contributed by atoms with Crippen LogP contribution in [0.15, 0.2) is 17.5 Å². The number of rotatable bonds is 6. The first-order valence-corrected chi connectivity index (χ1v) is 6.01. The first-order chi connectivity index (χ1) is 7.25. The Balaban J connectivity index is 2.28. The highest BCUT2D eigenvalue weighted by Crippen LogP contribution is 2.22. The Labute approximate surface area is 96.3 Å². The van der Waals surface area contributed by atoms with Gasteiger partial charge in [-0.1, -0.05) is 12.0 Å². The summed E-state index contributed by atoms with van der Waals surface area (Å²) < 4.78 is 0. The first kappa shape index (κ1) is 12.3. The standard InChI is InChI=1S/C12H18N2S/c1-4-7-13-8-9-14(3)11(2)12-6-5-10-15-12/h1,5-6,10-11,13H,7-9H2,2-3H3. The molecule has 2 nitrogen and oxygen atoms in total. The number of hydrogen-bond acceptors (Lipinski definition) is 3. The summed E-state index contributed by atoms with van der Waals surface area (Å²) in [6, 6.07) is 4.76. The van der Waals surface area contributed by atoms with Crippen molar-refractivity contribution in [3.8, 4) is 12.3 Å². The van der Waals surface area contributed by atoms with Crippen LogP contribution in [0.25, 0.3) is 0 Å². The van der Waals surface area contributed by atoms with Crippen molar-refractivity contribution in [1.29, 1.82) is 0 Å². The summed E-state index contributed by atoms with van der Waals surface area (Å²) in [6.45, 7) is 4.84. The first-order valence-electron chi connectivity index (χ1n) is 5.13. The molecule has 0 saturated carbocycles. The molecule has 0 aliphatic rings. The molecule has 1 aromatic rings. The minimum absolute atomic E-state index is 0.484. The second kappa shape index (κ2) is 6.62. The van der Waals surface area contributed by atoms with Crippen LogP contribution >= 0.6 is 11.3 Å². The molecule has 0 fully saturated rings. The third-order valence-corrected chi connectivity index (χ3v) is 3.53. The molecule has 0 radical (unpaired) electrons. The third-order valence-electron chi connectivity index (χ3n) is 2.48. The molecule has 15 heavy (non-hydrogen) atoms. The maximum absolute atomic E-state index is 5.16. The number of thiophene rings is 1. The van der Waals surface area contributed by atoms with E-state index in [1.54, 1.807) is 0 Å². The van der Waals surface area contributed by atoms with Crippen LogP contribution in [0.3, 0.4) is 0 Å². The van der Waals surface area contributed by atoms with E-state index in [4.69, 9.17) is 6.42 Å². The number of nitrogens with one attached hydrogen (secondary N) is 1. The summed E-state index contributed by atoms with van der Waals surface area (Å²) in [5, 5.41) is 5.31.